The minimum atomic E-state index is -1.23. The van der Waals surface area contributed by atoms with E-state index in [-0.39, 0.29) is 17.5 Å². The Kier molecular flexibility index (Phi) is 4.41. The standard InChI is InChI=1S/C26H19ClN2O3S/c1-14(30)23-22(24(31)20-7-4-12-33-20)26(17-5-2-3-6-18(17)28-25(26)32)21-11-8-15-13-16(27)9-10-19(15)29(21)23/h2-13,21-23H,1H3,(H,28,32)/t21-,22-,23-,26+/m1/s1. The highest BCUT2D eigenvalue weighted by molar-refractivity contribution is 7.12. The molecule has 1 N–H and O–H groups in total. The average Bonchev–Trinajstić information content (AvgIpc) is 3.50. The van der Waals surface area contributed by atoms with Gasteiger partial charge in [-0.05, 0) is 53.8 Å². The zero-order valence-electron chi connectivity index (χ0n) is 17.6. The van der Waals surface area contributed by atoms with Crippen molar-refractivity contribution in [2.24, 2.45) is 5.92 Å². The molecular weight excluding hydrogens is 456 g/mol. The number of carbonyl (C=O) groups excluding carboxylic acids is 3. The molecule has 5 nitrogen and oxygen atoms in total. The first-order valence-corrected chi connectivity index (χ1v) is 12.0. The summed E-state index contributed by atoms with van der Waals surface area (Å²) in [6.45, 7) is 1.50. The molecule has 7 heteroatoms. The van der Waals surface area contributed by atoms with Crippen molar-refractivity contribution in [2.45, 2.75) is 24.4 Å². The Balaban J connectivity index is 1.67. The van der Waals surface area contributed by atoms with E-state index in [0.717, 1.165) is 16.8 Å². The Morgan fingerprint density at radius 1 is 1.12 bits per heavy atom. The van der Waals surface area contributed by atoms with E-state index in [1.807, 2.05) is 64.9 Å². The molecule has 3 aliphatic heterocycles. The predicted octanol–water partition coefficient (Wildman–Crippen LogP) is 4.96. The Bertz CT molecular complexity index is 1370. The second kappa shape index (κ2) is 7.14. The van der Waals surface area contributed by atoms with Crippen LogP contribution in [-0.2, 0) is 15.0 Å². The molecule has 0 saturated carbocycles. The number of thiophene rings is 1. The van der Waals surface area contributed by atoms with Crippen molar-refractivity contribution in [1.82, 2.24) is 0 Å². The minimum absolute atomic E-state index is 0.153. The topological polar surface area (TPSA) is 66.5 Å². The van der Waals surface area contributed by atoms with Crippen molar-refractivity contribution in [3.8, 4) is 0 Å². The molecule has 2 aromatic carbocycles. The number of ketones is 2. The van der Waals surface area contributed by atoms with E-state index in [4.69, 9.17) is 11.6 Å². The van der Waals surface area contributed by atoms with Crippen molar-refractivity contribution in [2.75, 3.05) is 10.2 Å². The quantitative estimate of drug-likeness (QED) is 0.544. The van der Waals surface area contributed by atoms with Crippen molar-refractivity contribution < 1.29 is 14.4 Å². The van der Waals surface area contributed by atoms with Crippen LogP contribution in [0.4, 0.5) is 11.4 Å². The molecule has 0 radical (unpaired) electrons. The summed E-state index contributed by atoms with van der Waals surface area (Å²) < 4.78 is 0. The van der Waals surface area contributed by atoms with Gasteiger partial charge in [-0.15, -0.1) is 11.3 Å². The van der Waals surface area contributed by atoms with Gasteiger partial charge in [-0.1, -0.05) is 48.0 Å². The summed E-state index contributed by atoms with van der Waals surface area (Å²) in [4.78, 5) is 43.7. The summed E-state index contributed by atoms with van der Waals surface area (Å²) in [5.41, 5.74) is 1.86. The molecule has 33 heavy (non-hydrogen) atoms. The number of fused-ring (bicyclic) bond motifs is 6. The van der Waals surface area contributed by atoms with Crippen LogP contribution in [0.1, 0.15) is 27.7 Å². The number of carbonyl (C=O) groups is 3. The van der Waals surface area contributed by atoms with Crippen molar-refractivity contribution >= 4 is 57.9 Å². The molecule has 4 heterocycles. The van der Waals surface area contributed by atoms with Crippen molar-refractivity contribution in [3.63, 3.8) is 0 Å². The fraction of sp³-hybridized carbons (Fsp3) is 0.192. The third-order valence-electron chi connectivity index (χ3n) is 7.06. The third-order valence-corrected chi connectivity index (χ3v) is 8.18. The molecule has 1 saturated heterocycles. The van der Waals surface area contributed by atoms with Gasteiger partial charge in [0, 0.05) is 16.4 Å². The first kappa shape index (κ1) is 20.4. The van der Waals surface area contributed by atoms with E-state index in [2.05, 4.69) is 5.32 Å². The Morgan fingerprint density at radius 2 is 1.94 bits per heavy atom. The molecule has 3 aromatic rings. The molecule has 0 aliphatic carbocycles. The largest absolute Gasteiger partial charge is 0.352 e. The Hall–Kier alpha value is -3.22. The second-order valence-electron chi connectivity index (χ2n) is 8.66. The number of nitrogens with zero attached hydrogens (tertiary/aromatic N) is 1. The number of hydrogen-bond donors (Lipinski definition) is 1. The van der Waals surface area contributed by atoms with Crippen LogP contribution in [0.3, 0.4) is 0 Å². The van der Waals surface area contributed by atoms with Crippen LogP contribution in [0.2, 0.25) is 5.02 Å². The second-order valence-corrected chi connectivity index (χ2v) is 10.0. The molecule has 164 valence electrons. The summed E-state index contributed by atoms with van der Waals surface area (Å²) in [7, 11) is 0. The molecule has 6 rings (SSSR count). The monoisotopic (exact) mass is 474 g/mol. The van der Waals surface area contributed by atoms with Crippen molar-refractivity contribution in [1.29, 1.82) is 0 Å². The summed E-state index contributed by atoms with van der Waals surface area (Å²) in [6, 6.07) is 15.2. The van der Waals surface area contributed by atoms with Crippen LogP contribution in [0.15, 0.2) is 66.1 Å². The fourth-order valence-corrected chi connectivity index (χ4v) is 6.76. The summed E-state index contributed by atoms with van der Waals surface area (Å²) in [5, 5.41) is 5.43. The molecule has 3 aliphatic rings. The van der Waals surface area contributed by atoms with Gasteiger partial charge in [0.15, 0.2) is 11.6 Å². The van der Waals surface area contributed by atoms with Crippen LogP contribution < -0.4 is 10.2 Å². The van der Waals surface area contributed by atoms with Crippen LogP contribution >= 0.6 is 22.9 Å². The molecule has 0 unspecified atom stereocenters. The van der Waals surface area contributed by atoms with Gasteiger partial charge >= 0.3 is 0 Å². The number of para-hydroxylation sites is 1. The molecular formula is C26H19ClN2O3S. The first-order valence-electron chi connectivity index (χ1n) is 10.7. The Labute approximate surface area is 199 Å². The molecule has 1 fully saturated rings. The van der Waals surface area contributed by atoms with Gasteiger partial charge in [-0.3, -0.25) is 14.4 Å². The van der Waals surface area contributed by atoms with Gasteiger partial charge in [0.2, 0.25) is 5.91 Å². The number of rotatable bonds is 3. The normalized spacial score (nSPS) is 26.7. The number of halogens is 1. The van der Waals surface area contributed by atoms with Crippen LogP contribution in [-0.4, -0.2) is 29.6 Å². The lowest BCUT2D eigenvalue weighted by Gasteiger charge is -2.37. The van der Waals surface area contributed by atoms with E-state index in [0.29, 0.717) is 15.6 Å². The zero-order chi connectivity index (χ0) is 22.9. The van der Waals surface area contributed by atoms with Crippen LogP contribution in [0.25, 0.3) is 6.08 Å². The summed E-state index contributed by atoms with van der Waals surface area (Å²) in [6.07, 6.45) is 3.88. The lowest BCUT2D eigenvalue weighted by molar-refractivity contribution is -0.122. The van der Waals surface area contributed by atoms with E-state index in [1.165, 1.54) is 18.3 Å². The fourth-order valence-electron chi connectivity index (χ4n) is 5.88. The number of benzene rings is 2. The highest BCUT2D eigenvalue weighted by atomic mass is 35.5. The molecule has 4 atom stereocenters. The number of amides is 1. The van der Waals surface area contributed by atoms with Gasteiger partial charge in [0.1, 0.15) is 5.41 Å². The number of anilines is 2. The van der Waals surface area contributed by atoms with Gasteiger partial charge in [0.05, 0.1) is 22.9 Å². The molecule has 1 spiro atoms. The number of nitrogens with one attached hydrogen (secondary N) is 1. The SMILES string of the molecule is CC(=O)[C@@H]1[C@H](C(=O)c2cccs2)[C@@]2(C(=O)Nc3ccccc32)[C@H]2C=Cc3cc(Cl)ccc3N12. The lowest BCUT2D eigenvalue weighted by Crippen LogP contribution is -2.51. The van der Waals surface area contributed by atoms with Crippen LogP contribution in [0, 0.1) is 5.92 Å². The maximum absolute atomic E-state index is 14.1. The minimum Gasteiger partial charge on any atom is -0.352 e. The Morgan fingerprint density at radius 3 is 2.70 bits per heavy atom. The van der Waals surface area contributed by atoms with Gasteiger partial charge in [-0.2, -0.15) is 0 Å². The number of hydrogen-bond acceptors (Lipinski definition) is 5. The number of Topliss-reactive ketones (excluding diaryl/α,β-unsaturated/α-hetero) is 2. The maximum atomic E-state index is 14.1. The average molecular weight is 475 g/mol. The maximum Gasteiger partial charge on any atom is 0.238 e. The van der Waals surface area contributed by atoms with E-state index in [1.54, 1.807) is 12.1 Å². The van der Waals surface area contributed by atoms with E-state index < -0.39 is 23.4 Å². The van der Waals surface area contributed by atoms with Crippen LogP contribution in [0.5, 0.6) is 0 Å². The zero-order valence-corrected chi connectivity index (χ0v) is 19.2. The molecule has 0 bridgehead atoms. The molecule has 1 aromatic heterocycles. The van der Waals surface area contributed by atoms with Gasteiger partial charge in [0.25, 0.3) is 0 Å². The van der Waals surface area contributed by atoms with E-state index in [9.17, 15) is 14.4 Å². The highest BCUT2D eigenvalue weighted by Crippen LogP contribution is 2.58. The smallest absolute Gasteiger partial charge is 0.238 e. The molecule has 1 amide bonds. The predicted molar refractivity (Wildman–Crippen MR) is 130 cm³/mol. The first-order chi connectivity index (χ1) is 15.9. The highest BCUT2D eigenvalue weighted by Gasteiger charge is 2.69. The lowest BCUT2D eigenvalue weighted by atomic mass is 9.65. The van der Waals surface area contributed by atoms with Gasteiger partial charge in [-0.25, -0.2) is 0 Å². The van der Waals surface area contributed by atoms with Crippen molar-refractivity contribution in [3.05, 3.63) is 87.1 Å². The van der Waals surface area contributed by atoms with E-state index >= 15 is 0 Å². The summed E-state index contributed by atoms with van der Waals surface area (Å²) >= 11 is 7.57. The third kappa shape index (κ3) is 2.62. The summed E-state index contributed by atoms with van der Waals surface area (Å²) in [5.74, 6) is -1.47. The van der Waals surface area contributed by atoms with Gasteiger partial charge < -0.3 is 10.2 Å².